The average molecular weight is 382 g/mol. The van der Waals surface area contributed by atoms with Gasteiger partial charge in [0.15, 0.2) is 11.5 Å². The first-order chi connectivity index (χ1) is 13.8. The molecule has 8 nitrogen and oxygen atoms in total. The lowest BCUT2D eigenvalue weighted by Crippen LogP contribution is -2.37. The number of nitrogens with zero attached hydrogens (tertiary/aromatic N) is 6. The van der Waals surface area contributed by atoms with E-state index >= 15 is 0 Å². The van der Waals surface area contributed by atoms with Crippen LogP contribution in [0.1, 0.15) is 25.0 Å². The van der Waals surface area contributed by atoms with E-state index in [0.717, 1.165) is 74.3 Å². The molecule has 8 heteroatoms. The standard InChI is InChI=1S/C20H26N6O2/c1-15-18(16-12-22-25(13-16)14-17-4-2-3-9-28-17)26-6-5-21-19(20(26)23-15)24-7-10-27-11-8-24/h5-6,12-13,17H,2-4,7-11,14H2,1H3. The van der Waals surface area contributed by atoms with Crippen LogP contribution in [-0.2, 0) is 16.0 Å². The lowest BCUT2D eigenvalue weighted by molar-refractivity contribution is 0.00400. The van der Waals surface area contributed by atoms with Gasteiger partial charge in [-0.15, -0.1) is 0 Å². The van der Waals surface area contributed by atoms with E-state index in [-0.39, 0.29) is 6.10 Å². The largest absolute Gasteiger partial charge is 0.378 e. The molecule has 1 unspecified atom stereocenters. The molecule has 0 saturated carbocycles. The summed E-state index contributed by atoms with van der Waals surface area (Å²) in [5.74, 6) is 0.920. The Morgan fingerprint density at radius 2 is 2.07 bits per heavy atom. The predicted molar refractivity (Wildman–Crippen MR) is 106 cm³/mol. The predicted octanol–water partition coefficient (Wildman–Crippen LogP) is 2.31. The van der Waals surface area contributed by atoms with Crippen molar-refractivity contribution in [1.82, 2.24) is 24.1 Å². The molecule has 0 radical (unpaired) electrons. The summed E-state index contributed by atoms with van der Waals surface area (Å²) in [6.45, 7) is 6.85. The minimum absolute atomic E-state index is 0.266. The summed E-state index contributed by atoms with van der Waals surface area (Å²) in [6.07, 6.45) is 11.6. The van der Waals surface area contributed by atoms with Crippen molar-refractivity contribution in [1.29, 1.82) is 0 Å². The van der Waals surface area contributed by atoms with E-state index in [1.807, 2.05) is 30.2 Å². The van der Waals surface area contributed by atoms with Gasteiger partial charge in [0.2, 0.25) is 0 Å². The highest BCUT2D eigenvalue weighted by atomic mass is 16.5. The van der Waals surface area contributed by atoms with E-state index in [2.05, 4.69) is 25.6 Å². The smallest absolute Gasteiger partial charge is 0.181 e. The fourth-order valence-corrected chi connectivity index (χ4v) is 4.17. The Balaban J connectivity index is 1.47. The molecule has 28 heavy (non-hydrogen) atoms. The fourth-order valence-electron chi connectivity index (χ4n) is 4.17. The Labute approximate surface area is 164 Å². The Bertz CT molecular complexity index is 953. The number of morpholine rings is 1. The Kier molecular flexibility index (Phi) is 4.74. The van der Waals surface area contributed by atoms with Crippen molar-refractivity contribution in [3.63, 3.8) is 0 Å². The highest BCUT2D eigenvalue weighted by Crippen LogP contribution is 2.28. The first-order valence-corrected chi connectivity index (χ1v) is 10.1. The van der Waals surface area contributed by atoms with Gasteiger partial charge in [-0.1, -0.05) is 0 Å². The van der Waals surface area contributed by atoms with Crippen LogP contribution in [0.2, 0.25) is 0 Å². The van der Waals surface area contributed by atoms with E-state index in [9.17, 15) is 0 Å². The SMILES string of the molecule is Cc1nc2c(N3CCOCC3)nccn2c1-c1cnn(CC2CCCCO2)c1. The molecule has 0 N–H and O–H groups in total. The molecule has 5 heterocycles. The molecule has 0 aromatic carbocycles. The average Bonchev–Trinajstić information content (AvgIpc) is 3.32. The van der Waals surface area contributed by atoms with Crippen LogP contribution in [0.15, 0.2) is 24.8 Å². The van der Waals surface area contributed by atoms with Gasteiger partial charge in [-0.25, -0.2) is 9.97 Å². The van der Waals surface area contributed by atoms with Crippen molar-refractivity contribution in [3.8, 4) is 11.3 Å². The lowest BCUT2D eigenvalue weighted by Gasteiger charge is -2.27. The Morgan fingerprint density at radius 1 is 1.18 bits per heavy atom. The van der Waals surface area contributed by atoms with Gasteiger partial charge in [0.1, 0.15) is 0 Å². The van der Waals surface area contributed by atoms with Gasteiger partial charge in [0.05, 0.1) is 43.4 Å². The highest BCUT2D eigenvalue weighted by Gasteiger charge is 2.21. The summed E-state index contributed by atoms with van der Waals surface area (Å²) in [6, 6.07) is 0. The number of hydrogen-bond donors (Lipinski definition) is 0. The van der Waals surface area contributed by atoms with Crippen molar-refractivity contribution < 1.29 is 9.47 Å². The van der Waals surface area contributed by atoms with Gasteiger partial charge in [0.25, 0.3) is 0 Å². The first kappa shape index (κ1) is 17.6. The number of ether oxygens (including phenoxy) is 2. The molecule has 0 bridgehead atoms. The van der Waals surface area contributed by atoms with Crippen LogP contribution in [0, 0.1) is 6.92 Å². The molecule has 2 fully saturated rings. The Morgan fingerprint density at radius 3 is 2.89 bits per heavy atom. The van der Waals surface area contributed by atoms with E-state index < -0.39 is 0 Å². The van der Waals surface area contributed by atoms with Gasteiger partial charge in [-0.2, -0.15) is 5.10 Å². The van der Waals surface area contributed by atoms with Crippen LogP contribution in [-0.4, -0.2) is 63.2 Å². The van der Waals surface area contributed by atoms with Crippen molar-refractivity contribution in [3.05, 3.63) is 30.5 Å². The third kappa shape index (κ3) is 3.27. The molecule has 1 atom stereocenters. The number of aryl methyl sites for hydroxylation is 1. The zero-order valence-electron chi connectivity index (χ0n) is 16.3. The van der Waals surface area contributed by atoms with Crippen molar-refractivity contribution >= 4 is 11.5 Å². The minimum Gasteiger partial charge on any atom is -0.378 e. The van der Waals surface area contributed by atoms with Crippen LogP contribution in [0.25, 0.3) is 16.9 Å². The molecule has 2 aliphatic rings. The second-order valence-electron chi connectivity index (χ2n) is 7.53. The first-order valence-electron chi connectivity index (χ1n) is 10.1. The van der Waals surface area contributed by atoms with Crippen molar-refractivity contribution in [2.24, 2.45) is 0 Å². The number of imidazole rings is 1. The monoisotopic (exact) mass is 382 g/mol. The van der Waals surface area contributed by atoms with Gasteiger partial charge < -0.3 is 14.4 Å². The third-order valence-electron chi connectivity index (χ3n) is 5.58. The van der Waals surface area contributed by atoms with E-state index in [0.29, 0.717) is 0 Å². The normalized spacial score (nSPS) is 20.8. The number of hydrogen-bond acceptors (Lipinski definition) is 6. The molecule has 2 aliphatic heterocycles. The molecule has 0 spiro atoms. The number of rotatable bonds is 4. The molecule has 0 amide bonds. The van der Waals surface area contributed by atoms with Gasteiger partial charge in [-0.05, 0) is 26.2 Å². The van der Waals surface area contributed by atoms with Crippen LogP contribution in [0.3, 0.4) is 0 Å². The van der Waals surface area contributed by atoms with Crippen LogP contribution >= 0.6 is 0 Å². The highest BCUT2D eigenvalue weighted by molar-refractivity contribution is 5.73. The number of aromatic nitrogens is 5. The molecule has 3 aromatic heterocycles. The third-order valence-corrected chi connectivity index (χ3v) is 5.58. The summed E-state index contributed by atoms with van der Waals surface area (Å²) < 4.78 is 15.5. The number of anilines is 1. The van der Waals surface area contributed by atoms with E-state index in [4.69, 9.17) is 14.5 Å². The second kappa shape index (κ2) is 7.52. The maximum atomic E-state index is 5.86. The maximum absolute atomic E-state index is 5.86. The quantitative estimate of drug-likeness (QED) is 0.690. The number of fused-ring (bicyclic) bond motifs is 1. The summed E-state index contributed by atoms with van der Waals surface area (Å²) in [7, 11) is 0. The van der Waals surface area contributed by atoms with Crippen LogP contribution < -0.4 is 4.90 Å². The summed E-state index contributed by atoms with van der Waals surface area (Å²) in [5, 5.41) is 4.58. The van der Waals surface area contributed by atoms with Crippen LogP contribution in [0.4, 0.5) is 5.82 Å². The summed E-state index contributed by atoms with van der Waals surface area (Å²) in [5.41, 5.74) is 4.01. The van der Waals surface area contributed by atoms with Crippen molar-refractivity contribution in [2.75, 3.05) is 37.8 Å². The fraction of sp³-hybridized carbons (Fsp3) is 0.550. The van der Waals surface area contributed by atoms with E-state index in [1.165, 1.54) is 12.8 Å². The van der Waals surface area contributed by atoms with Gasteiger partial charge in [0, 0.05) is 43.9 Å². The zero-order valence-corrected chi connectivity index (χ0v) is 16.3. The van der Waals surface area contributed by atoms with Gasteiger partial charge in [-0.3, -0.25) is 9.08 Å². The summed E-state index contributed by atoms with van der Waals surface area (Å²) in [4.78, 5) is 11.7. The topological polar surface area (TPSA) is 69.7 Å². The lowest BCUT2D eigenvalue weighted by atomic mass is 10.1. The van der Waals surface area contributed by atoms with Crippen LogP contribution in [0.5, 0.6) is 0 Å². The zero-order chi connectivity index (χ0) is 18.9. The molecule has 2 saturated heterocycles. The molecular formula is C20H26N6O2. The summed E-state index contributed by atoms with van der Waals surface area (Å²) >= 11 is 0. The molecule has 148 valence electrons. The Hall–Kier alpha value is -2.45. The molecule has 5 rings (SSSR count). The molecule has 3 aromatic rings. The van der Waals surface area contributed by atoms with Crippen molar-refractivity contribution in [2.45, 2.75) is 38.8 Å². The molecule has 0 aliphatic carbocycles. The second-order valence-corrected chi connectivity index (χ2v) is 7.53. The van der Waals surface area contributed by atoms with E-state index in [1.54, 1.807) is 0 Å². The maximum Gasteiger partial charge on any atom is 0.181 e. The minimum atomic E-state index is 0.266. The molecular weight excluding hydrogens is 356 g/mol. The van der Waals surface area contributed by atoms with Gasteiger partial charge >= 0.3 is 0 Å².